The highest BCUT2D eigenvalue weighted by Gasteiger charge is 2.16. The van der Waals surface area contributed by atoms with Crippen molar-refractivity contribution >= 4 is 38.1 Å². The van der Waals surface area contributed by atoms with Crippen molar-refractivity contribution in [2.24, 2.45) is 0 Å². The molecule has 2 N–H and O–H groups in total. The predicted octanol–water partition coefficient (Wildman–Crippen LogP) is 2.49. The zero-order chi connectivity index (χ0) is 17.2. The number of carbonyl (C=O) groups is 1. The van der Waals surface area contributed by atoms with E-state index in [2.05, 4.69) is 20.2 Å². The third-order valence-corrected chi connectivity index (χ3v) is 5.11. The first-order valence-electron chi connectivity index (χ1n) is 6.71. The first-order valence-corrected chi connectivity index (χ1v) is 9.07. The van der Waals surface area contributed by atoms with Crippen LogP contribution in [0.1, 0.15) is 16.2 Å². The van der Waals surface area contributed by atoms with E-state index in [1.165, 1.54) is 47.9 Å². The minimum absolute atomic E-state index is 0.0629. The van der Waals surface area contributed by atoms with Gasteiger partial charge in [0.25, 0.3) is 15.9 Å². The molecule has 0 spiro atoms. The van der Waals surface area contributed by atoms with E-state index in [4.69, 9.17) is 4.52 Å². The minimum Gasteiger partial charge on any atom is -0.361 e. The van der Waals surface area contributed by atoms with Gasteiger partial charge in [0.05, 0.1) is 4.90 Å². The minimum atomic E-state index is -3.72. The first-order chi connectivity index (χ1) is 11.4. The first kappa shape index (κ1) is 16.1. The number of aryl methyl sites for hydroxylation is 1. The maximum absolute atomic E-state index is 12.2. The highest BCUT2D eigenvalue weighted by molar-refractivity contribution is 7.93. The van der Waals surface area contributed by atoms with Crippen LogP contribution in [-0.4, -0.2) is 24.5 Å². The zero-order valence-corrected chi connectivity index (χ0v) is 14.0. The summed E-state index contributed by atoms with van der Waals surface area (Å²) in [5.74, 6) is 0.0817. The number of hydrogen-bond acceptors (Lipinski definition) is 7. The molecule has 0 atom stereocenters. The van der Waals surface area contributed by atoms with Gasteiger partial charge in [-0.15, -0.1) is 11.3 Å². The molecule has 1 amide bonds. The van der Waals surface area contributed by atoms with Gasteiger partial charge < -0.3 is 9.84 Å². The van der Waals surface area contributed by atoms with Crippen molar-refractivity contribution in [1.82, 2.24) is 10.1 Å². The highest BCUT2D eigenvalue weighted by Crippen LogP contribution is 2.19. The van der Waals surface area contributed by atoms with Crippen LogP contribution in [0, 0.1) is 6.92 Å². The number of anilines is 2. The topological polar surface area (TPSA) is 114 Å². The van der Waals surface area contributed by atoms with E-state index in [1.54, 1.807) is 12.3 Å². The maximum Gasteiger partial charge on any atom is 0.277 e. The van der Waals surface area contributed by atoms with Crippen LogP contribution in [0.25, 0.3) is 0 Å². The van der Waals surface area contributed by atoms with Crippen LogP contribution >= 0.6 is 11.3 Å². The average molecular weight is 364 g/mol. The molecule has 0 unspecified atom stereocenters. The van der Waals surface area contributed by atoms with Crippen LogP contribution in [-0.2, 0) is 10.0 Å². The molecule has 3 aromatic rings. The monoisotopic (exact) mass is 364 g/mol. The Labute approximate surface area is 141 Å². The van der Waals surface area contributed by atoms with Crippen molar-refractivity contribution in [3.05, 3.63) is 53.4 Å². The van der Waals surface area contributed by atoms with Gasteiger partial charge in [0.1, 0.15) is 5.76 Å². The zero-order valence-electron chi connectivity index (χ0n) is 12.4. The van der Waals surface area contributed by atoms with E-state index in [9.17, 15) is 13.2 Å². The fourth-order valence-electron chi connectivity index (χ4n) is 1.83. The second kappa shape index (κ2) is 6.42. The number of thiazole rings is 1. The van der Waals surface area contributed by atoms with Gasteiger partial charge in [0.15, 0.2) is 10.8 Å². The lowest BCUT2D eigenvalue weighted by atomic mass is 10.3. The van der Waals surface area contributed by atoms with Gasteiger partial charge in [-0.05, 0) is 31.2 Å². The Kier molecular flexibility index (Phi) is 4.32. The fraction of sp³-hybridized carbons (Fsp3) is 0.0714. The number of hydrogen-bond donors (Lipinski definition) is 2. The summed E-state index contributed by atoms with van der Waals surface area (Å²) in [7, 11) is -3.72. The standard InChI is InChI=1S/C14H12N4O4S2/c1-9-8-12(17-22-9)13(19)16-10-2-4-11(5-3-10)24(20,21)18-14-15-6-7-23-14/h2-8H,1H3,(H,15,18)(H,16,19). The molecule has 24 heavy (non-hydrogen) atoms. The number of aromatic nitrogens is 2. The van der Waals surface area contributed by atoms with Crippen LogP contribution in [0.2, 0.25) is 0 Å². The molecule has 2 heterocycles. The molecule has 3 rings (SSSR count). The van der Waals surface area contributed by atoms with Gasteiger partial charge in [0.2, 0.25) is 0 Å². The highest BCUT2D eigenvalue weighted by atomic mass is 32.2. The average Bonchev–Trinajstić information content (AvgIpc) is 3.19. The van der Waals surface area contributed by atoms with Gasteiger partial charge in [0, 0.05) is 23.3 Å². The Balaban J connectivity index is 1.72. The Bertz CT molecular complexity index is 947. The predicted molar refractivity (Wildman–Crippen MR) is 88.6 cm³/mol. The smallest absolute Gasteiger partial charge is 0.277 e. The maximum atomic E-state index is 12.2. The quantitative estimate of drug-likeness (QED) is 0.719. The van der Waals surface area contributed by atoms with Crippen molar-refractivity contribution in [3.63, 3.8) is 0 Å². The third kappa shape index (κ3) is 3.60. The molecule has 0 aliphatic heterocycles. The van der Waals surface area contributed by atoms with Crippen molar-refractivity contribution in [1.29, 1.82) is 0 Å². The van der Waals surface area contributed by atoms with Crippen molar-refractivity contribution in [3.8, 4) is 0 Å². The summed E-state index contributed by atoms with van der Waals surface area (Å²) >= 11 is 1.18. The molecule has 2 aromatic heterocycles. The summed E-state index contributed by atoms with van der Waals surface area (Å²) in [5.41, 5.74) is 0.587. The molecule has 0 fully saturated rings. The summed E-state index contributed by atoms with van der Waals surface area (Å²) in [6.45, 7) is 1.68. The van der Waals surface area contributed by atoms with E-state index in [0.29, 0.717) is 11.4 Å². The van der Waals surface area contributed by atoms with Crippen molar-refractivity contribution in [2.75, 3.05) is 10.0 Å². The Hall–Kier alpha value is -2.72. The second-order valence-electron chi connectivity index (χ2n) is 4.74. The Morgan fingerprint density at radius 3 is 2.58 bits per heavy atom. The summed E-state index contributed by atoms with van der Waals surface area (Å²) in [4.78, 5) is 15.9. The van der Waals surface area contributed by atoms with Crippen LogP contribution < -0.4 is 10.0 Å². The van der Waals surface area contributed by atoms with E-state index >= 15 is 0 Å². The molecule has 10 heteroatoms. The Morgan fingerprint density at radius 2 is 2.00 bits per heavy atom. The van der Waals surface area contributed by atoms with Gasteiger partial charge in [-0.25, -0.2) is 13.4 Å². The molecule has 1 aromatic carbocycles. The number of sulfonamides is 1. The molecular formula is C14H12N4O4S2. The van der Waals surface area contributed by atoms with Gasteiger partial charge in [-0.3, -0.25) is 9.52 Å². The lowest BCUT2D eigenvalue weighted by Crippen LogP contribution is -2.14. The van der Waals surface area contributed by atoms with E-state index in [0.717, 1.165) is 0 Å². The van der Waals surface area contributed by atoms with E-state index in [1.807, 2.05) is 0 Å². The van der Waals surface area contributed by atoms with Crippen molar-refractivity contribution in [2.45, 2.75) is 11.8 Å². The fourth-order valence-corrected chi connectivity index (χ4v) is 3.62. The summed E-state index contributed by atoms with van der Waals surface area (Å²) in [6, 6.07) is 7.26. The number of carbonyl (C=O) groups excluding carboxylic acids is 1. The molecule has 124 valence electrons. The molecule has 0 saturated heterocycles. The SMILES string of the molecule is Cc1cc(C(=O)Nc2ccc(S(=O)(=O)Nc3nccs3)cc2)no1. The molecule has 0 aliphatic rings. The number of rotatable bonds is 5. The third-order valence-electron chi connectivity index (χ3n) is 2.94. The summed E-state index contributed by atoms with van der Waals surface area (Å²) in [5, 5.41) is 8.18. The van der Waals surface area contributed by atoms with Crippen molar-refractivity contribution < 1.29 is 17.7 Å². The normalized spacial score (nSPS) is 11.2. The van der Waals surface area contributed by atoms with Crippen LogP contribution in [0.3, 0.4) is 0 Å². The lowest BCUT2D eigenvalue weighted by Gasteiger charge is -2.07. The number of benzene rings is 1. The van der Waals surface area contributed by atoms with E-state index < -0.39 is 15.9 Å². The number of nitrogens with zero attached hydrogens (tertiary/aromatic N) is 2. The molecule has 0 radical (unpaired) electrons. The summed E-state index contributed by atoms with van der Waals surface area (Å²) in [6.07, 6.45) is 1.51. The summed E-state index contributed by atoms with van der Waals surface area (Å²) < 4.78 is 31.6. The molecule has 0 saturated carbocycles. The van der Waals surface area contributed by atoms with Crippen LogP contribution in [0.5, 0.6) is 0 Å². The van der Waals surface area contributed by atoms with E-state index in [-0.39, 0.29) is 15.7 Å². The van der Waals surface area contributed by atoms with Gasteiger partial charge in [-0.2, -0.15) is 0 Å². The largest absolute Gasteiger partial charge is 0.361 e. The molecule has 0 bridgehead atoms. The Morgan fingerprint density at radius 1 is 1.25 bits per heavy atom. The number of amides is 1. The second-order valence-corrected chi connectivity index (χ2v) is 7.32. The lowest BCUT2D eigenvalue weighted by molar-refractivity contribution is 0.101. The molecule has 8 nitrogen and oxygen atoms in total. The molecule has 0 aliphatic carbocycles. The number of nitrogens with one attached hydrogen (secondary N) is 2. The van der Waals surface area contributed by atoms with Crippen LogP contribution in [0.4, 0.5) is 10.8 Å². The van der Waals surface area contributed by atoms with Crippen LogP contribution in [0.15, 0.2) is 51.3 Å². The van der Waals surface area contributed by atoms with Gasteiger partial charge >= 0.3 is 0 Å². The molecular weight excluding hydrogens is 352 g/mol. The van der Waals surface area contributed by atoms with Gasteiger partial charge in [-0.1, -0.05) is 5.16 Å².